The molecule has 12 heteroatoms. The van der Waals surface area contributed by atoms with E-state index < -0.39 is 25.6 Å². The lowest BCUT2D eigenvalue weighted by atomic mass is 10.0. The molecule has 0 amide bonds. The minimum atomic E-state index is -4.37. The van der Waals surface area contributed by atoms with Gasteiger partial charge in [-0.3, -0.25) is 9.11 Å². The monoisotopic (exact) mass is 626 g/mol. The normalized spacial score (nSPS) is 21.7. The number of hydrogen-bond acceptors (Lipinski definition) is 6. The summed E-state index contributed by atoms with van der Waals surface area (Å²) in [5.74, 6) is -0.366. The fourth-order valence-electron chi connectivity index (χ4n) is 6.27. The molecule has 0 radical (unpaired) electrons. The molecule has 4 aromatic carbocycles. The van der Waals surface area contributed by atoms with Crippen LogP contribution in [0.2, 0.25) is 0 Å². The zero-order valence-electron chi connectivity index (χ0n) is 21.7. The predicted octanol–water partition coefficient (Wildman–Crippen LogP) is 5.80. The predicted molar refractivity (Wildman–Crippen MR) is 165 cm³/mol. The summed E-state index contributed by atoms with van der Waals surface area (Å²) < 4.78 is 71.4. The molecule has 41 heavy (non-hydrogen) atoms. The number of thioether (sulfide) groups is 1. The van der Waals surface area contributed by atoms with E-state index in [2.05, 4.69) is 10.6 Å². The van der Waals surface area contributed by atoms with E-state index in [1.54, 1.807) is 11.3 Å². The number of nitrogens with zero attached hydrogens (tertiary/aromatic N) is 2. The van der Waals surface area contributed by atoms with Crippen molar-refractivity contribution in [2.75, 3.05) is 12.3 Å². The number of benzene rings is 4. The number of aryl methyl sites for hydroxylation is 1. The highest BCUT2D eigenvalue weighted by Crippen LogP contribution is 2.60. The van der Waals surface area contributed by atoms with Crippen molar-refractivity contribution in [2.45, 2.75) is 29.7 Å². The van der Waals surface area contributed by atoms with Crippen molar-refractivity contribution in [3.8, 4) is 0 Å². The topological polar surface area (TPSA) is 113 Å². The number of thiazole rings is 1. The highest BCUT2D eigenvalue weighted by molar-refractivity contribution is 8.03. The molecule has 0 saturated carbocycles. The summed E-state index contributed by atoms with van der Waals surface area (Å²) in [4.78, 5) is 0.952. The quantitative estimate of drug-likeness (QED) is 0.139. The van der Waals surface area contributed by atoms with Gasteiger partial charge in [0.05, 0.1) is 35.1 Å². The molecule has 2 unspecified atom stereocenters. The summed E-state index contributed by atoms with van der Waals surface area (Å²) in [7, 11) is -8.50. The van der Waals surface area contributed by atoms with E-state index >= 15 is 0 Å². The molecule has 7 rings (SSSR count). The van der Waals surface area contributed by atoms with Crippen LogP contribution in [0.4, 0.5) is 5.69 Å². The van der Waals surface area contributed by atoms with Gasteiger partial charge in [0.2, 0.25) is 10.9 Å². The van der Waals surface area contributed by atoms with Gasteiger partial charge >= 0.3 is 10.1 Å². The molecule has 0 bridgehead atoms. The van der Waals surface area contributed by atoms with E-state index in [9.17, 15) is 25.9 Å². The molecule has 5 aromatic rings. The molecular formula is C29H26N2O6S4+2. The lowest BCUT2D eigenvalue weighted by Crippen LogP contribution is -2.66. The van der Waals surface area contributed by atoms with Crippen molar-refractivity contribution in [2.24, 2.45) is 0 Å². The summed E-state index contributed by atoms with van der Waals surface area (Å²) in [6.07, 6.45) is 2.55. The third-order valence-corrected chi connectivity index (χ3v) is 12.5. The first-order chi connectivity index (χ1) is 19.6. The van der Waals surface area contributed by atoms with Gasteiger partial charge in [0.15, 0.2) is 17.3 Å². The molecule has 8 nitrogen and oxygen atoms in total. The fraction of sp³-hybridized carbons (Fsp3) is 0.207. The van der Waals surface area contributed by atoms with E-state index in [0.29, 0.717) is 19.5 Å². The van der Waals surface area contributed by atoms with Gasteiger partial charge in [0, 0.05) is 11.8 Å². The number of quaternary nitrogens is 1. The molecule has 1 spiro atoms. The molecule has 2 atom stereocenters. The largest absolute Gasteiger partial charge is 0.320 e. The summed E-state index contributed by atoms with van der Waals surface area (Å²) in [5.41, 5.74) is 1.85. The third kappa shape index (κ3) is 4.40. The average molecular weight is 627 g/mol. The van der Waals surface area contributed by atoms with Crippen molar-refractivity contribution in [3.63, 3.8) is 0 Å². The maximum Gasteiger partial charge on any atom is 0.320 e. The van der Waals surface area contributed by atoms with E-state index in [0.717, 1.165) is 52.4 Å². The van der Waals surface area contributed by atoms with Crippen LogP contribution in [-0.2, 0) is 26.8 Å². The van der Waals surface area contributed by atoms with Crippen LogP contribution in [0.3, 0.4) is 0 Å². The van der Waals surface area contributed by atoms with Gasteiger partial charge in [0.25, 0.3) is 15.1 Å². The highest BCUT2D eigenvalue weighted by Gasteiger charge is 2.62. The van der Waals surface area contributed by atoms with Crippen molar-refractivity contribution in [1.29, 1.82) is 0 Å². The van der Waals surface area contributed by atoms with Crippen LogP contribution < -0.4 is 9.05 Å². The summed E-state index contributed by atoms with van der Waals surface area (Å²) >= 11 is 3.06. The maximum atomic E-state index is 12.7. The van der Waals surface area contributed by atoms with E-state index in [1.807, 2.05) is 72.8 Å². The second-order valence-electron chi connectivity index (χ2n) is 10.4. The van der Waals surface area contributed by atoms with Gasteiger partial charge in [-0.05, 0) is 46.8 Å². The van der Waals surface area contributed by atoms with Crippen molar-refractivity contribution >= 4 is 86.9 Å². The molecule has 210 valence electrons. The second-order valence-corrected chi connectivity index (χ2v) is 15.7. The number of aromatic nitrogens is 1. The van der Waals surface area contributed by atoms with Crippen LogP contribution in [0.25, 0.3) is 37.8 Å². The minimum absolute atomic E-state index is 0.0280. The van der Waals surface area contributed by atoms with Crippen LogP contribution in [0.1, 0.15) is 17.8 Å². The molecule has 1 aromatic heterocycles. The van der Waals surface area contributed by atoms with E-state index in [4.69, 9.17) is 0 Å². The van der Waals surface area contributed by atoms with Crippen LogP contribution >= 0.6 is 23.1 Å². The van der Waals surface area contributed by atoms with Crippen LogP contribution in [-0.4, -0.2) is 43.6 Å². The molecule has 1 saturated heterocycles. The Morgan fingerprint density at radius 1 is 0.902 bits per heavy atom. The zero-order valence-corrected chi connectivity index (χ0v) is 24.9. The molecule has 2 aliphatic rings. The summed E-state index contributed by atoms with van der Waals surface area (Å²) in [6, 6.07) is 24.0. The van der Waals surface area contributed by atoms with Gasteiger partial charge in [0.1, 0.15) is 4.70 Å². The van der Waals surface area contributed by atoms with E-state index in [1.165, 1.54) is 11.8 Å². The van der Waals surface area contributed by atoms with Crippen molar-refractivity contribution in [1.82, 2.24) is 4.48 Å². The first-order valence-electron chi connectivity index (χ1n) is 13.1. The zero-order chi connectivity index (χ0) is 28.6. The first-order valence-corrected chi connectivity index (χ1v) is 17.9. The lowest BCUT2D eigenvalue weighted by molar-refractivity contribution is -0.667. The molecule has 1 fully saturated rings. The SMILES string of the molecule is O=S(=O)(O)CCC[n+]1c(C=C2Sc3ccc4ccccc4c3[N+]23CCC3S(=O)(=O)O)sc2ccc3ccccc3c21. The maximum absolute atomic E-state index is 12.7. The van der Waals surface area contributed by atoms with Crippen molar-refractivity contribution in [3.05, 3.63) is 82.8 Å². The van der Waals surface area contributed by atoms with E-state index in [-0.39, 0.29) is 16.7 Å². The lowest BCUT2D eigenvalue weighted by Gasteiger charge is -2.47. The Bertz CT molecular complexity index is 2140. The fourth-order valence-corrected chi connectivity index (χ4v) is 10.6. The second kappa shape index (κ2) is 9.60. The average Bonchev–Trinajstić information content (AvgIpc) is 3.43. The minimum Gasteiger partial charge on any atom is -0.286 e. The molecule has 2 aliphatic heterocycles. The van der Waals surface area contributed by atoms with Crippen molar-refractivity contribution < 1.29 is 30.5 Å². The van der Waals surface area contributed by atoms with Gasteiger partial charge in [-0.15, -0.1) is 0 Å². The third-order valence-electron chi connectivity index (χ3n) is 8.08. The number of hydrogen-bond donors (Lipinski definition) is 2. The Hall–Kier alpha value is -2.84. The number of fused-ring (bicyclic) bond motifs is 7. The molecule has 2 N–H and O–H groups in total. The Labute approximate surface area is 245 Å². The first kappa shape index (κ1) is 27.0. The van der Waals surface area contributed by atoms with Gasteiger partial charge in [-0.25, -0.2) is 4.48 Å². The van der Waals surface area contributed by atoms with Crippen LogP contribution in [0.15, 0.2) is 82.7 Å². The number of rotatable bonds is 6. The van der Waals surface area contributed by atoms with Gasteiger partial charge in [-0.2, -0.15) is 21.4 Å². The van der Waals surface area contributed by atoms with Crippen LogP contribution in [0, 0.1) is 0 Å². The standard InChI is InChI=1S/C29H24N2O6S4/c32-40(33,34)17-5-15-30-25(38-23-12-10-19-6-1-3-8-21(19)28(23)30)18-26-31(16-14-27(31)41(35,36)37)29-22-9-4-2-7-20(22)11-13-24(29)39-26/h1-4,6-13,18,27H,5,14-17H2/p+2. The molecule has 3 heterocycles. The Morgan fingerprint density at radius 2 is 1.59 bits per heavy atom. The molecule has 0 aliphatic carbocycles. The molecular weight excluding hydrogens is 601 g/mol. The highest BCUT2D eigenvalue weighted by atomic mass is 32.2. The smallest absolute Gasteiger partial charge is 0.286 e. The summed E-state index contributed by atoms with van der Waals surface area (Å²) in [6.45, 7) is 0.871. The summed E-state index contributed by atoms with van der Waals surface area (Å²) in [5, 5.41) is 4.64. The van der Waals surface area contributed by atoms with Gasteiger partial charge in [-0.1, -0.05) is 59.9 Å². The Kier molecular flexibility index (Phi) is 6.32. The van der Waals surface area contributed by atoms with Gasteiger partial charge < -0.3 is 0 Å². The van der Waals surface area contributed by atoms with Crippen LogP contribution in [0.5, 0.6) is 0 Å². The Morgan fingerprint density at radius 3 is 2.27 bits per heavy atom. The Balaban J connectivity index is 1.46.